The van der Waals surface area contributed by atoms with Gasteiger partial charge in [-0.2, -0.15) is 18.4 Å². The molecule has 3 rings (SSSR count). The van der Waals surface area contributed by atoms with E-state index in [2.05, 4.69) is 11.1 Å². The summed E-state index contributed by atoms with van der Waals surface area (Å²) in [6, 6.07) is 13.9. The van der Waals surface area contributed by atoms with Crippen LogP contribution in [0.25, 0.3) is 22.6 Å². The van der Waals surface area contributed by atoms with Crippen LogP contribution in [0.4, 0.5) is 19.0 Å². The number of rotatable bonds is 2. The third kappa shape index (κ3) is 4.79. The van der Waals surface area contributed by atoms with Crippen molar-refractivity contribution in [3.63, 3.8) is 0 Å². The maximum atomic E-state index is 10.6. The molecule has 2 aromatic heterocycles. The molecule has 0 radical (unpaired) electrons. The van der Waals surface area contributed by atoms with E-state index in [9.17, 15) is 23.5 Å². The second-order valence-corrected chi connectivity index (χ2v) is 5.25. The molecular weight excluding hydrogens is 379 g/mol. The normalized spacial score (nSPS) is 10.5. The fraction of sp³-hybridized carbons (Fsp3) is 0.0556. The van der Waals surface area contributed by atoms with Crippen molar-refractivity contribution in [3.8, 4) is 34.4 Å². The molecule has 0 aliphatic rings. The first-order chi connectivity index (χ1) is 13.1. The summed E-state index contributed by atoms with van der Waals surface area (Å²) >= 11 is 0. The van der Waals surface area contributed by atoms with Gasteiger partial charge in [0.15, 0.2) is 0 Å². The Kier molecular flexibility index (Phi) is 5.90. The molecule has 28 heavy (non-hydrogen) atoms. The Morgan fingerprint density at radius 3 is 2.29 bits per heavy atom. The molecule has 7 nitrogen and oxygen atoms in total. The van der Waals surface area contributed by atoms with Crippen LogP contribution in [-0.2, 0) is 4.79 Å². The van der Waals surface area contributed by atoms with E-state index in [1.807, 2.05) is 0 Å². The number of benzene rings is 1. The molecule has 4 N–H and O–H groups in total. The van der Waals surface area contributed by atoms with Gasteiger partial charge >= 0.3 is 12.1 Å². The highest BCUT2D eigenvalue weighted by atomic mass is 19.4. The zero-order chi connectivity index (χ0) is 20.9. The Balaban J connectivity index is 0.000000345. The van der Waals surface area contributed by atoms with Crippen LogP contribution in [0.1, 0.15) is 5.56 Å². The van der Waals surface area contributed by atoms with Crippen LogP contribution in [0.2, 0.25) is 0 Å². The van der Waals surface area contributed by atoms with Crippen LogP contribution in [0, 0.1) is 11.3 Å². The summed E-state index contributed by atoms with van der Waals surface area (Å²) in [7, 11) is 0. The Hall–Kier alpha value is -4.00. The molecule has 0 amide bonds. The number of nitrogen functional groups attached to an aromatic ring is 1. The lowest BCUT2D eigenvalue weighted by Gasteiger charge is -2.08. The second-order valence-electron chi connectivity index (χ2n) is 5.25. The summed E-state index contributed by atoms with van der Waals surface area (Å²) in [6.45, 7) is 0. The lowest BCUT2D eigenvalue weighted by atomic mass is 10.0. The first kappa shape index (κ1) is 20.3. The number of carboxylic acids is 1. The first-order valence-corrected chi connectivity index (χ1v) is 7.47. The standard InChI is InChI=1S/C16H11N3O2.C2HF3O2/c17-9-13-12(15-2-1-7-21-15)8-14(19-16(13)18)10-3-5-11(20)6-4-10;3-2(4,5)1(6)7/h1-8,20H,(H2,18,19);(H,6,7). The van der Waals surface area contributed by atoms with Gasteiger partial charge in [-0.25, -0.2) is 9.78 Å². The molecule has 0 atom stereocenters. The Labute approximate surface area is 156 Å². The third-order valence-electron chi connectivity index (χ3n) is 3.35. The SMILES string of the molecule is N#Cc1c(-c2ccco2)cc(-c2ccc(O)cc2)nc1N.O=C(O)C(F)(F)F. The maximum Gasteiger partial charge on any atom is 0.490 e. The number of hydrogen-bond acceptors (Lipinski definition) is 6. The minimum atomic E-state index is -5.08. The molecule has 0 saturated carbocycles. The lowest BCUT2D eigenvalue weighted by molar-refractivity contribution is -0.192. The Morgan fingerprint density at radius 2 is 1.82 bits per heavy atom. The number of alkyl halides is 3. The molecule has 0 spiro atoms. The van der Waals surface area contributed by atoms with Gasteiger partial charge in [-0.05, 0) is 42.5 Å². The molecule has 3 aromatic rings. The van der Waals surface area contributed by atoms with Crippen molar-refractivity contribution in [2.24, 2.45) is 0 Å². The minimum absolute atomic E-state index is 0.148. The number of nitrogens with zero attached hydrogens (tertiary/aromatic N) is 2. The predicted octanol–water partition coefficient (Wildman–Crippen LogP) is 3.80. The van der Waals surface area contributed by atoms with Crippen LogP contribution in [0.5, 0.6) is 5.75 Å². The zero-order valence-corrected chi connectivity index (χ0v) is 13.9. The number of aromatic hydroxyl groups is 1. The first-order valence-electron chi connectivity index (χ1n) is 7.47. The zero-order valence-electron chi connectivity index (χ0n) is 13.9. The van der Waals surface area contributed by atoms with Gasteiger partial charge in [0.1, 0.15) is 29.0 Å². The number of hydrogen-bond donors (Lipinski definition) is 3. The molecular formula is C18H12F3N3O4. The van der Waals surface area contributed by atoms with E-state index in [4.69, 9.17) is 20.1 Å². The van der Waals surface area contributed by atoms with E-state index < -0.39 is 12.1 Å². The van der Waals surface area contributed by atoms with E-state index >= 15 is 0 Å². The van der Waals surface area contributed by atoms with Crippen LogP contribution in [0.15, 0.2) is 53.1 Å². The summed E-state index contributed by atoms with van der Waals surface area (Å²) in [5, 5.41) is 25.7. The Bertz CT molecular complexity index is 1010. The molecule has 0 unspecified atom stereocenters. The lowest BCUT2D eigenvalue weighted by Crippen LogP contribution is -2.21. The Morgan fingerprint density at radius 1 is 1.21 bits per heavy atom. The van der Waals surface area contributed by atoms with Crippen molar-refractivity contribution in [3.05, 3.63) is 54.3 Å². The van der Waals surface area contributed by atoms with Gasteiger partial charge in [-0.1, -0.05) is 0 Å². The van der Waals surface area contributed by atoms with Crippen molar-refractivity contribution >= 4 is 11.8 Å². The quantitative estimate of drug-likeness (QED) is 0.605. The van der Waals surface area contributed by atoms with Gasteiger partial charge in [0.05, 0.1) is 12.0 Å². The van der Waals surface area contributed by atoms with E-state index in [1.54, 1.807) is 42.5 Å². The van der Waals surface area contributed by atoms with Gasteiger partial charge in [0, 0.05) is 11.1 Å². The second kappa shape index (κ2) is 8.13. The number of phenolic OH excluding ortho intramolecular Hbond substituents is 1. The topological polar surface area (TPSA) is 133 Å². The molecule has 0 aliphatic heterocycles. The number of carboxylic acid groups (broad SMARTS) is 1. The fourth-order valence-electron chi connectivity index (χ4n) is 2.09. The summed E-state index contributed by atoms with van der Waals surface area (Å²) in [5.74, 6) is -1.88. The van der Waals surface area contributed by atoms with Crippen molar-refractivity contribution in [1.82, 2.24) is 4.98 Å². The van der Waals surface area contributed by atoms with Crippen molar-refractivity contribution in [2.75, 3.05) is 5.73 Å². The van der Waals surface area contributed by atoms with Gasteiger partial charge in [0.25, 0.3) is 0 Å². The third-order valence-corrected chi connectivity index (χ3v) is 3.35. The smallest absolute Gasteiger partial charge is 0.490 e. The molecule has 144 valence electrons. The van der Waals surface area contributed by atoms with E-state index in [0.717, 1.165) is 5.56 Å². The number of furan rings is 1. The van der Waals surface area contributed by atoms with Gasteiger partial charge in [0.2, 0.25) is 0 Å². The number of pyridine rings is 1. The summed E-state index contributed by atoms with van der Waals surface area (Å²) in [5.41, 5.74) is 8.16. The number of carbonyl (C=O) groups is 1. The largest absolute Gasteiger partial charge is 0.508 e. The van der Waals surface area contributed by atoms with Gasteiger partial charge in [-0.3, -0.25) is 0 Å². The van der Waals surface area contributed by atoms with E-state index in [0.29, 0.717) is 17.0 Å². The molecule has 1 aromatic carbocycles. The fourth-order valence-corrected chi connectivity index (χ4v) is 2.09. The highest BCUT2D eigenvalue weighted by molar-refractivity contribution is 5.78. The van der Waals surface area contributed by atoms with E-state index in [1.165, 1.54) is 6.26 Å². The molecule has 10 heteroatoms. The highest BCUT2D eigenvalue weighted by Gasteiger charge is 2.38. The van der Waals surface area contributed by atoms with Crippen molar-refractivity contribution < 1.29 is 32.6 Å². The maximum absolute atomic E-state index is 10.6. The summed E-state index contributed by atoms with van der Waals surface area (Å²) in [4.78, 5) is 13.1. The summed E-state index contributed by atoms with van der Waals surface area (Å²) in [6.07, 6.45) is -3.55. The number of aliphatic carboxylic acids is 1. The summed E-state index contributed by atoms with van der Waals surface area (Å²) < 4.78 is 37.1. The monoisotopic (exact) mass is 391 g/mol. The number of nitriles is 1. The number of anilines is 1. The van der Waals surface area contributed by atoms with Crippen LogP contribution in [-0.4, -0.2) is 27.3 Å². The molecule has 0 saturated heterocycles. The predicted molar refractivity (Wildman–Crippen MR) is 91.9 cm³/mol. The number of halogens is 3. The van der Waals surface area contributed by atoms with Crippen LogP contribution >= 0.6 is 0 Å². The van der Waals surface area contributed by atoms with Crippen molar-refractivity contribution in [1.29, 1.82) is 5.26 Å². The average Bonchev–Trinajstić information content (AvgIpc) is 3.16. The molecule has 0 aliphatic carbocycles. The molecule has 0 bridgehead atoms. The molecule has 0 fully saturated rings. The van der Waals surface area contributed by atoms with Gasteiger partial charge in [-0.15, -0.1) is 0 Å². The number of nitrogens with two attached hydrogens (primary N) is 1. The molecule has 2 heterocycles. The van der Waals surface area contributed by atoms with Crippen molar-refractivity contribution in [2.45, 2.75) is 6.18 Å². The van der Waals surface area contributed by atoms with Crippen LogP contribution in [0.3, 0.4) is 0 Å². The minimum Gasteiger partial charge on any atom is -0.508 e. The van der Waals surface area contributed by atoms with Gasteiger partial charge < -0.3 is 20.4 Å². The van der Waals surface area contributed by atoms with E-state index in [-0.39, 0.29) is 17.1 Å². The number of phenols is 1. The van der Waals surface area contributed by atoms with Crippen LogP contribution < -0.4 is 5.73 Å². The number of aromatic nitrogens is 1. The highest BCUT2D eigenvalue weighted by Crippen LogP contribution is 2.31. The average molecular weight is 391 g/mol.